The Bertz CT molecular complexity index is 2040. The molecule has 1 aromatic heterocycles. The molecule has 0 spiro atoms. The molecule has 0 aliphatic carbocycles. The number of nitriles is 1. The van der Waals surface area contributed by atoms with Crippen molar-refractivity contribution in [1.29, 1.82) is 5.26 Å². The molecule has 14 heteroatoms. The SMILES string of the molecule is COc1ccc(S(=O)(=O)N2C(=O)C(c3cc(CN4CCN(CCO)CC4)ccc3OC)(N3CCC[C@H]3c3ncco3)c3cc(C#N)ccc32)cc1. The fourth-order valence-electron chi connectivity index (χ4n) is 7.76. The number of piperazine rings is 1. The van der Waals surface area contributed by atoms with Crippen LogP contribution in [-0.2, 0) is 26.9 Å². The Morgan fingerprint density at radius 1 is 0.980 bits per heavy atom. The molecule has 2 atom stereocenters. The molecule has 1 amide bonds. The van der Waals surface area contributed by atoms with Gasteiger partial charge in [-0.2, -0.15) is 5.26 Å². The highest BCUT2D eigenvalue weighted by molar-refractivity contribution is 7.93. The van der Waals surface area contributed by atoms with E-state index in [-0.39, 0.29) is 22.8 Å². The normalized spacial score (nSPS) is 21.5. The van der Waals surface area contributed by atoms with Gasteiger partial charge in [-0.1, -0.05) is 6.07 Å². The number of anilines is 1. The van der Waals surface area contributed by atoms with Crippen LogP contribution >= 0.6 is 0 Å². The van der Waals surface area contributed by atoms with Gasteiger partial charge in [0.05, 0.1) is 55.3 Å². The van der Waals surface area contributed by atoms with Crippen molar-refractivity contribution in [3.8, 4) is 17.6 Å². The minimum absolute atomic E-state index is 0.0884. The number of methoxy groups -OCH3 is 2. The molecule has 3 aromatic carbocycles. The van der Waals surface area contributed by atoms with Crippen molar-refractivity contribution in [2.75, 3.05) is 64.4 Å². The summed E-state index contributed by atoms with van der Waals surface area (Å²) in [5, 5.41) is 19.5. The molecule has 3 aliphatic rings. The van der Waals surface area contributed by atoms with Gasteiger partial charge in [0.15, 0.2) is 5.54 Å². The number of amides is 1. The quantitative estimate of drug-likeness (QED) is 0.242. The van der Waals surface area contributed by atoms with E-state index < -0.39 is 27.5 Å². The fraction of sp³-hybridized carbons (Fsp3) is 0.378. The van der Waals surface area contributed by atoms with Crippen LogP contribution in [0.5, 0.6) is 11.5 Å². The first-order chi connectivity index (χ1) is 24.8. The van der Waals surface area contributed by atoms with Crippen LogP contribution < -0.4 is 13.8 Å². The van der Waals surface area contributed by atoms with Crippen LogP contribution in [0.15, 0.2) is 82.4 Å². The third-order valence-electron chi connectivity index (χ3n) is 10.2. The topological polar surface area (TPSA) is 153 Å². The maximum Gasteiger partial charge on any atom is 0.271 e. The Morgan fingerprint density at radius 3 is 2.41 bits per heavy atom. The molecule has 1 unspecified atom stereocenters. The van der Waals surface area contributed by atoms with E-state index in [1.54, 1.807) is 12.3 Å². The number of fused-ring (bicyclic) bond motifs is 1. The van der Waals surface area contributed by atoms with Gasteiger partial charge in [-0.3, -0.25) is 19.5 Å². The number of nitrogens with zero attached hydrogens (tertiary/aromatic N) is 6. The fourth-order valence-corrected chi connectivity index (χ4v) is 9.22. The Morgan fingerprint density at radius 2 is 1.75 bits per heavy atom. The second kappa shape index (κ2) is 14.1. The molecular formula is C37H40N6O7S. The number of aromatic nitrogens is 1. The summed E-state index contributed by atoms with van der Waals surface area (Å²) in [6, 6.07) is 18.0. The molecular weight excluding hydrogens is 673 g/mol. The van der Waals surface area contributed by atoms with Crippen molar-refractivity contribution in [2.45, 2.75) is 35.9 Å². The van der Waals surface area contributed by atoms with E-state index in [0.717, 1.165) is 36.0 Å². The maximum atomic E-state index is 15.7. The number of hydrogen-bond donors (Lipinski definition) is 1. The van der Waals surface area contributed by atoms with Crippen LogP contribution in [0.25, 0.3) is 0 Å². The lowest BCUT2D eigenvalue weighted by atomic mass is 9.79. The van der Waals surface area contributed by atoms with E-state index in [0.29, 0.717) is 61.0 Å². The van der Waals surface area contributed by atoms with Crippen molar-refractivity contribution >= 4 is 21.6 Å². The number of likely N-dealkylation sites (tertiary alicyclic amines) is 1. The Kier molecular flexibility index (Phi) is 9.58. The van der Waals surface area contributed by atoms with Crippen molar-refractivity contribution in [3.63, 3.8) is 0 Å². The molecule has 4 aromatic rings. The van der Waals surface area contributed by atoms with Gasteiger partial charge in [-0.15, -0.1) is 0 Å². The molecule has 2 saturated heterocycles. The number of ether oxygens (including phenoxy) is 2. The van der Waals surface area contributed by atoms with Gasteiger partial charge in [0, 0.05) is 56.9 Å². The van der Waals surface area contributed by atoms with Gasteiger partial charge in [-0.25, -0.2) is 17.7 Å². The lowest BCUT2D eigenvalue weighted by molar-refractivity contribution is -0.127. The highest BCUT2D eigenvalue weighted by atomic mass is 32.2. The molecule has 4 heterocycles. The zero-order chi connectivity index (χ0) is 35.8. The van der Waals surface area contributed by atoms with E-state index in [1.807, 2.05) is 23.1 Å². The smallest absolute Gasteiger partial charge is 0.271 e. The monoisotopic (exact) mass is 712 g/mol. The standard InChI is InChI=1S/C37H40N6O7S/c1-48-28-7-9-29(10-8-28)51(46,47)43-32-11-5-26(24-38)22-30(32)37(36(43)45,42-14-3-4-33(42)35-39-13-21-50-35)31-23-27(6-12-34(31)49-2)25-41-17-15-40(16-18-41)19-20-44/h5-13,21-23,33,44H,3-4,14-20,25H2,1-2H3/t33-,37?/m0/s1. The summed E-state index contributed by atoms with van der Waals surface area (Å²) in [5.74, 6) is 0.562. The number of sulfonamides is 1. The second-order valence-corrected chi connectivity index (χ2v) is 14.7. The zero-order valence-corrected chi connectivity index (χ0v) is 29.4. The van der Waals surface area contributed by atoms with Crippen LogP contribution in [0.3, 0.4) is 0 Å². The summed E-state index contributed by atoms with van der Waals surface area (Å²) in [6.07, 6.45) is 4.33. The molecule has 1 N–H and O–H groups in total. The number of hydrogen-bond acceptors (Lipinski definition) is 12. The molecule has 0 saturated carbocycles. The van der Waals surface area contributed by atoms with Crippen LogP contribution in [0, 0.1) is 11.3 Å². The molecule has 0 bridgehead atoms. The number of carbonyl (C=O) groups is 1. The highest BCUT2D eigenvalue weighted by Gasteiger charge is 2.63. The molecule has 3 aliphatic heterocycles. The highest BCUT2D eigenvalue weighted by Crippen LogP contribution is 2.56. The summed E-state index contributed by atoms with van der Waals surface area (Å²) in [7, 11) is -1.46. The molecule has 7 rings (SSSR count). The van der Waals surface area contributed by atoms with Crippen LogP contribution in [0.2, 0.25) is 0 Å². The Balaban J connectivity index is 1.44. The minimum atomic E-state index is -4.48. The molecule has 0 radical (unpaired) electrons. The van der Waals surface area contributed by atoms with Crippen molar-refractivity contribution in [2.24, 2.45) is 0 Å². The number of β-amino-alcohol motifs (C(OH)–C–C–N with tert-alkyl or cyclic N) is 1. The third kappa shape index (κ3) is 5.94. The number of oxazole rings is 1. The van der Waals surface area contributed by atoms with Gasteiger partial charge in [0.25, 0.3) is 15.9 Å². The maximum absolute atomic E-state index is 15.7. The lowest BCUT2D eigenvalue weighted by Gasteiger charge is -2.41. The van der Waals surface area contributed by atoms with Crippen LogP contribution in [0.1, 0.15) is 47.0 Å². The predicted molar refractivity (Wildman–Crippen MR) is 187 cm³/mol. The van der Waals surface area contributed by atoms with Crippen molar-refractivity contribution < 1.29 is 32.2 Å². The first-order valence-electron chi connectivity index (χ1n) is 16.9. The van der Waals surface area contributed by atoms with Crippen molar-refractivity contribution in [3.05, 3.63) is 101 Å². The largest absolute Gasteiger partial charge is 0.497 e. The Hall–Kier alpha value is -4.78. The van der Waals surface area contributed by atoms with Crippen LogP contribution in [0.4, 0.5) is 5.69 Å². The van der Waals surface area contributed by atoms with E-state index in [2.05, 4.69) is 20.9 Å². The average Bonchev–Trinajstić information content (AvgIpc) is 3.91. The number of rotatable bonds is 11. The Labute approximate surface area is 297 Å². The third-order valence-corrected chi connectivity index (χ3v) is 11.9. The van der Waals surface area contributed by atoms with Gasteiger partial charge >= 0.3 is 0 Å². The summed E-state index contributed by atoms with van der Waals surface area (Å²) in [6.45, 7) is 4.97. The van der Waals surface area contributed by atoms with Crippen molar-refractivity contribution in [1.82, 2.24) is 19.7 Å². The minimum Gasteiger partial charge on any atom is -0.497 e. The van der Waals surface area contributed by atoms with Gasteiger partial charge in [-0.05, 0) is 73.0 Å². The second-order valence-electron chi connectivity index (χ2n) is 12.9. The van der Waals surface area contributed by atoms with E-state index in [4.69, 9.17) is 13.9 Å². The zero-order valence-electron chi connectivity index (χ0n) is 28.6. The lowest BCUT2D eigenvalue weighted by Crippen LogP contribution is -2.54. The molecule has 13 nitrogen and oxygen atoms in total. The summed E-state index contributed by atoms with van der Waals surface area (Å²) >= 11 is 0. The summed E-state index contributed by atoms with van der Waals surface area (Å²) in [4.78, 5) is 26.5. The van der Waals surface area contributed by atoms with Gasteiger partial charge in [0.2, 0.25) is 5.89 Å². The summed E-state index contributed by atoms with van der Waals surface area (Å²) < 4.78 is 47.3. The van der Waals surface area contributed by atoms with Gasteiger partial charge in [0.1, 0.15) is 17.8 Å². The van der Waals surface area contributed by atoms with Crippen LogP contribution in [-0.4, -0.2) is 99.2 Å². The predicted octanol–water partition coefficient (Wildman–Crippen LogP) is 3.49. The molecule has 266 valence electrons. The molecule has 2 fully saturated rings. The summed E-state index contributed by atoms with van der Waals surface area (Å²) in [5.41, 5.74) is 0.412. The van der Waals surface area contributed by atoms with Gasteiger partial charge < -0.3 is 19.0 Å². The molecule has 51 heavy (non-hydrogen) atoms. The van der Waals surface area contributed by atoms with E-state index in [9.17, 15) is 18.8 Å². The first kappa shape index (κ1) is 34.7. The number of aliphatic hydroxyl groups is 1. The van der Waals surface area contributed by atoms with E-state index >= 15 is 4.79 Å². The number of carbonyl (C=O) groups excluding carboxylic acids is 1. The first-order valence-corrected chi connectivity index (χ1v) is 18.4. The average molecular weight is 713 g/mol. The number of benzene rings is 3. The van der Waals surface area contributed by atoms with E-state index in [1.165, 1.54) is 56.9 Å². The number of aliphatic hydroxyl groups excluding tert-OH is 1.